The van der Waals surface area contributed by atoms with Crippen LogP contribution in [0.15, 0.2) is 36.4 Å². The fraction of sp³-hybridized carbons (Fsp3) is 0.222. The van der Waals surface area contributed by atoms with Gasteiger partial charge in [0, 0.05) is 10.6 Å². The van der Waals surface area contributed by atoms with E-state index in [9.17, 15) is 9.59 Å². The van der Waals surface area contributed by atoms with Crippen LogP contribution >= 0.6 is 23.2 Å². The van der Waals surface area contributed by atoms with E-state index in [-0.39, 0.29) is 11.7 Å². The van der Waals surface area contributed by atoms with Crippen molar-refractivity contribution in [1.82, 2.24) is 0 Å². The molecule has 1 atom stereocenters. The lowest BCUT2D eigenvalue weighted by Crippen LogP contribution is -2.30. The number of amides is 1. The van der Waals surface area contributed by atoms with Crippen LogP contribution in [-0.4, -0.2) is 17.8 Å². The van der Waals surface area contributed by atoms with Crippen LogP contribution < -0.4 is 10.1 Å². The Morgan fingerprint density at radius 2 is 1.79 bits per heavy atom. The van der Waals surface area contributed by atoms with Crippen molar-refractivity contribution in [2.75, 3.05) is 5.32 Å². The normalized spacial score (nSPS) is 11.7. The van der Waals surface area contributed by atoms with Crippen LogP contribution in [0.25, 0.3) is 0 Å². The molecule has 1 unspecified atom stereocenters. The minimum absolute atomic E-state index is 0.129. The van der Waals surface area contributed by atoms with E-state index in [1.807, 2.05) is 0 Å². The largest absolute Gasteiger partial charge is 0.479 e. The number of para-hydroxylation sites is 1. The van der Waals surface area contributed by atoms with Gasteiger partial charge in [0.2, 0.25) is 0 Å². The average Bonchev–Trinajstić information content (AvgIpc) is 2.55. The number of benzene rings is 2. The van der Waals surface area contributed by atoms with Gasteiger partial charge >= 0.3 is 0 Å². The number of carbonyl (C=O) groups excluding carboxylic acids is 2. The topological polar surface area (TPSA) is 55.4 Å². The molecule has 0 aliphatic heterocycles. The number of nitrogens with one attached hydrogen (secondary N) is 1. The second-order valence-corrected chi connectivity index (χ2v) is 6.12. The number of hydrogen-bond donors (Lipinski definition) is 1. The Labute approximate surface area is 150 Å². The van der Waals surface area contributed by atoms with Gasteiger partial charge in [-0.05, 0) is 50.6 Å². The van der Waals surface area contributed by atoms with E-state index < -0.39 is 6.10 Å². The van der Waals surface area contributed by atoms with Crippen LogP contribution in [-0.2, 0) is 4.79 Å². The average molecular weight is 366 g/mol. The van der Waals surface area contributed by atoms with Gasteiger partial charge in [0.15, 0.2) is 11.9 Å². The first-order valence-corrected chi connectivity index (χ1v) is 8.09. The number of ether oxygens (including phenoxy) is 1. The van der Waals surface area contributed by atoms with Gasteiger partial charge in [-0.1, -0.05) is 35.3 Å². The molecule has 126 valence electrons. The second-order valence-electron chi connectivity index (χ2n) is 5.34. The lowest BCUT2D eigenvalue weighted by Gasteiger charge is -2.17. The number of halogens is 2. The Morgan fingerprint density at radius 3 is 2.46 bits per heavy atom. The maximum absolute atomic E-state index is 12.3. The van der Waals surface area contributed by atoms with Crippen LogP contribution in [0.4, 0.5) is 5.69 Å². The molecule has 0 aliphatic carbocycles. The zero-order valence-electron chi connectivity index (χ0n) is 13.5. The summed E-state index contributed by atoms with van der Waals surface area (Å²) in [5.74, 6) is -0.135. The van der Waals surface area contributed by atoms with Crippen LogP contribution in [0.2, 0.25) is 10.0 Å². The summed E-state index contributed by atoms with van der Waals surface area (Å²) in [6.45, 7) is 4.82. The highest BCUT2D eigenvalue weighted by atomic mass is 35.5. The molecule has 2 rings (SSSR count). The Balaban J connectivity index is 2.14. The molecular formula is C18H17Cl2NO3. The molecule has 0 radical (unpaired) electrons. The molecule has 0 aromatic heterocycles. The zero-order chi connectivity index (χ0) is 17.9. The van der Waals surface area contributed by atoms with E-state index in [1.54, 1.807) is 50.2 Å². The smallest absolute Gasteiger partial charge is 0.265 e. The summed E-state index contributed by atoms with van der Waals surface area (Å²) in [6, 6.07) is 10.1. The molecule has 1 amide bonds. The highest BCUT2D eigenvalue weighted by Crippen LogP contribution is 2.33. The van der Waals surface area contributed by atoms with Crippen molar-refractivity contribution in [2.45, 2.75) is 26.9 Å². The maximum Gasteiger partial charge on any atom is 0.265 e. The molecular weight excluding hydrogens is 349 g/mol. The Kier molecular flexibility index (Phi) is 5.86. The minimum atomic E-state index is -0.803. The van der Waals surface area contributed by atoms with E-state index in [0.29, 0.717) is 32.6 Å². The number of anilines is 1. The SMILES string of the molecule is CC(=O)c1ccccc1NC(=O)C(C)Oc1ccc(Cl)c(C)c1Cl. The van der Waals surface area contributed by atoms with Crippen molar-refractivity contribution in [1.29, 1.82) is 0 Å². The van der Waals surface area contributed by atoms with Crippen LogP contribution in [0.3, 0.4) is 0 Å². The summed E-state index contributed by atoms with van der Waals surface area (Å²) in [5.41, 5.74) is 1.58. The first-order valence-electron chi connectivity index (χ1n) is 7.33. The molecule has 0 fully saturated rings. The molecule has 1 N–H and O–H groups in total. The molecule has 0 heterocycles. The molecule has 0 aliphatic rings. The van der Waals surface area contributed by atoms with E-state index >= 15 is 0 Å². The number of Topliss-reactive ketones (excluding diaryl/α,β-unsaturated/α-hetero) is 1. The molecule has 0 bridgehead atoms. The lowest BCUT2D eigenvalue weighted by atomic mass is 10.1. The third kappa shape index (κ3) is 4.08. The monoisotopic (exact) mass is 365 g/mol. The van der Waals surface area contributed by atoms with Crippen molar-refractivity contribution in [3.63, 3.8) is 0 Å². The molecule has 2 aromatic rings. The Hall–Kier alpha value is -2.04. The molecule has 4 nitrogen and oxygen atoms in total. The molecule has 24 heavy (non-hydrogen) atoms. The van der Waals surface area contributed by atoms with Crippen molar-refractivity contribution < 1.29 is 14.3 Å². The van der Waals surface area contributed by atoms with E-state index in [1.165, 1.54) is 6.92 Å². The summed E-state index contributed by atoms with van der Waals surface area (Å²) < 4.78 is 5.63. The summed E-state index contributed by atoms with van der Waals surface area (Å²) in [5, 5.41) is 3.60. The highest BCUT2D eigenvalue weighted by Gasteiger charge is 2.19. The Bertz CT molecular complexity index is 790. The summed E-state index contributed by atoms with van der Waals surface area (Å²) in [6.07, 6.45) is -0.803. The van der Waals surface area contributed by atoms with Gasteiger partial charge in [0.05, 0.1) is 10.7 Å². The summed E-state index contributed by atoms with van der Waals surface area (Å²) in [4.78, 5) is 23.9. The second kappa shape index (κ2) is 7.69. The number of hydrogen-bond acceptors (Lipinski definition) is 3. The van der Waals surface area contributed by atoms with Crippen molar-refractivity contribution in [2.24, 2.45) is 0 Å². The van der Waals surface area contributed by atoms with Crippen LogP contribution in [0.1, 0.15) is 29.8 Å². The van der Waals surface area contributed by atoms with Gasteiger partial charge in [-0.3, -0.25) is 9.59 Å². The van der Waals surface area contributed by atoms with Gasteiger partial charge in [0.1, 0.15) is 5.75 Å². The number of ketones is 1. The predicted octanol–water partition coefficient (Wildman–Crippen LogP) is 4.91. The molecule has 6 heteroatoms. The van der Waals surface area contributed by atoms with Crippen LogP contribution in [0.5, 0.6) is 5.75 Å². The van der Waals surface area contributed by atoms with Gasteiger partial charge < -0.3 is 10.1 Å². The fourth-order valence-corrected chi connectivity index (χ4v) is 2.52. The maximum atomic E-state index is 12.3. The van der Waals surface area contributed by atoms with E-state index in [4.69, 9.17) is 27.9 Å². The fourth-order valence-electron chi connectivity index (χ4n) is 2.11. The van der Waals surface area contributed by atoms with Gasteiger partial charge in [-0.25, -0.2) is 0 Å². The van der Waals surface area contributed by atoms with Crippen molar-refractivity contribution >= 4 is 40.6 Å². The van der Waals surface area contributed by atoms with Gasteiger partial charge in [-0.2, -0.15) is 0 Å². The highest BCUT2D eigenvalue weighted by molar-refractivity contribution is 6.36. The molecule has 2 aromatic carbocycles. The molecule has 0 saturated carbocycles. The van der Waals surface area contributed by atoms with Crippen molar-refractivity contribution in [3.8, 4) is 5.75 Å². The lowest BCUT2D eigenvalue weighted by molar-refractivity contribution is -0.122. The van der Waals surface area contributed by atoms with Crippen molar-refractivity contribution in [3.05, 3.63) is 57.6 Å². The Morgan fingerprint density at radius 1 is 1.12 bits per heavy atom. The van der Waals surface area contributed by atoms with E-state index in [0.717, 1.165) is 0 Å². The first-order chi connectivity index (χ1) is 11.3. The number of rotatable bonds is 5. The van der Waals surface area contributed by atoms with Crippen LogP contribution in [0, 0.1) is 6.92 Å². The number of carbonyl (C=O) groups is 2. The summed E-state index contributed by atoms with van der Waals surface area (Å²) >= 11 is 12.2. The summed E-state index contributed by atoms with van der Waals surface area (Å²) in [7, 11) is 0. The third-order valence-electron chi connectivity index (χ3n) is 3.52. The van der Waals surface area contributed by atoms with Gasteiger partial charge in [-0.15, -0.1) is 0 Å². The van der Waals surface area contributed by atoms with Gasteiger partial charge in [0.25, 0.3) is 5.91 Å². The standard InChI is InChI=1S/C18H17Cl2NO3/c1-10-14(19)8-9-16(17(10)20)24-12(3)18(23)21-15-7-5-4-6-13(15)11(2)22/h4-9,12H,1-3H3,(H,21,23). The third-order valence-corrected chi connectivity index (χ3v) is 4.40. The first kappa shape index (κ1) is 18.3. The zero-order valence-corrected chi connectivity index (χ0v) is 15.0. The quantitative estimate of drug-likeness (QED) is 0.765. The molecule has 0 saturated heterocycles. The predicted molar refractivity (Wildman–Crippen MR) is 96.4 cm³/mol. The minimum Gasteiger partial charge on any atom is -0.479 e. The molecule has 0 spiro atoms. The van der Waals surface area contributed by atoms with E-state index in [2.05, 4.69) is 5.32 Å².